The van der Waals surface area contributed by atoms with Crippen molar-refractivity contribution in [3.8, 4) is 0 Å². The highest BCUT2D eigenvalue weighted by Gasteiger charge is 2.23. The van der Waals surface area contributed by atoms with E-state index in [0.717, 1.165) is 10.9 Å². The van der Waals surface area contributed by atoms with Crippen molar-refractivity contribution in [1.82, 2.24) is 5.32 Å². The number of nitrogens with one attached hydrogen (secondary N) is 1. The van der Waals surface area contributed by atoms with E-state index in [0.29, 0.717) is 12.1 Å². The topological polar surface area (TPSA) is 12.0 Å². The van der Waals surface area contributed by atoms with Gasteiger partial charge in [0, 0.05) is 17.1 Å². The van der Waals surface area contributed by atoms with E-state index in [2.05, 4.69) is 31.3 Å². The van der Waals surface area contributed by atoms with E-state index in [-0.39, 0.29) is 0 Å². The summed E-state index contributed by atoms with van der Waals surface area (Å²) in [5, 5.41) is 4.55. The molecule has 0 spiro atoms. The third-order valence-electron chi connectivity index (χ3n) is 3.55. The van der Waals surface area contributed by atoms with Gasteiger partial charge in [0.05, 0.1) is 0 Å². The van der Waals surface area contributed by atoms with Gasteiger partial charge in [0.25, 0.3) is 0 Å². The van der Waals surface area contributed by atoms with Crippen LogP contribution in [0, 0.1) is 5.92 Å². The molecule has 1 fully saturated rings. The van der Waals surface area contributed by atoms with Gasteiger partial charge < -0.3 is 5.32 Å². The van der Waals surface area contributed by atoms with Gasteiger partial charge in [-0.05, 0) is 43.7 Å². The zero-order valence-corrected chi connectivity index (χ0v) is 10.8. The fraction of sp³-hybridized carbons (Fsp3) is 0.571. The van der Waals surface area contributed by atoms with Crippen molar-refractivity contribution < 1.29 is 0 Å². The van der Waals surface area contributed by atoms with Crippen molar-refractivity contribution in [3.05, 3.63) is 34.9 Å². The standard InChI is InChI=1S/C14H20ClN/c1-10-7-8-12(9-10)16-11(2)13-5-3-4-6-14(13)15/h3-6,10-12,16H,7-9H2,1-2H3. The Morgan fingerprint density at radius 1 is 1.31 bits per heavy atom. The predicted molar refractivity (Wildman–Crippen MR) is 69.8 cm³/mol. The monoisotopic (exact) mass is 237 g/mol. The van der Waals surface area contributed by atoms with Crippen molar-refractivity contribution >= 4 is 11.6 Å². The van der Waals surface area contributed by atoms with Crippen LogP contribution in [-0.2, 0) is 0 Å². The van der Waals surface area contributed by atoms with Crippen LogP contribution in [0.15, 0.2) is 24.3 Å². The lowest BCUT2D eigenvalue weighted by Crippen LogP contribution is -2.29. The summed E-state index contributed by atoms with van der Waals surface area (Å²) < 4.78 is 0. The molecule has 0 amide bonds. The molecule has 1 aromatic rings. The molecule has 3 atom stereocenters. The molecule has 0 saturated heterocycles. The minimum atomic E-state index is 0.351. The first-order chi connectivity index (χ1) is 7.66. The number of halogens is 1. The molecule has 16 heavy (non-hydrogen) atoms. The van der Waals surface area contributed by atoms with Crippen LogP contribution < -0.4 is 5.32 Å². The van der Waals surface area contributed by atoms with Crippen LogP contribution in [0.2, 0.25) is 5.02 Å². The highest BCUT2D eigenvalue weighted by atomic mass is 35.5. The Morgan fingerprint density at radius 2 is 2.06 bits per heavy atom. The third-order valence-corrected chi connectivity index (χ3v) is 3.90. The van der Waals surface area contributed by atoms with E-state index in [1.165, 1.54) is 24.8 Å². The highest BCUT2D eigenvalue weighted by molar-refractivity contribution is 6.31. The highest BCUT2D eigenvalue weighted by Crippen LogP contribution is 2.28. The van der Waals surface area contributed by atoms with E-state index in [4.69, 9.17) is 11.6 Å². The van der Waals surface area contributed by atoms with E-state index in [1.54, 1.807) is 0 Å². The fourth-order valence-electron chi connectivity index (χ4n) is 2.63. The summed E-state index contributed by atoms with van der Waals surface area (Å²) in [5.74, 6) is 0.871. The maximum Gasteiger partial charge on any atom is 0.0453 e. The summed E-state index contributed by atoms with van der Waals surface area (Å²) in [7, 11) is 0. The summed E-state index contributed by atoms with van der Waals surface area (Å²) in [6, 6.07) is 9.13. The molecule has 0 radical (unpaired) electrons. The van der Waals surface area contributed by atoms with E-state index < -0.39 is 0 Å². The molecule has 0 aliphatic heterocycles. The summed E-state index contributed by atoms with van der Waals surface area (Å²) in [5.41, 5.74) is 1.21. The van der Waals surface area contributed by atoms with Gasteiger partial charge in [-0.3, -0.25) is 0 Å². The SMILES string of the molecule is CC1CCC(NC(C)c2ccccc2Cl)C1. The largest absolute Gasteiger partial charge is 0.307 e. The van der Waals surface area contributed by atoms with Crippen LogP contribution in [0.5, 0.6) is 0 Å². The molecule has 0 bridgehead atoms. The molecule has 1 aliphatic carbocycles. The van der Waals surface area contributed by atoms with Crippen LogP contribution in [0.1, 0.15) is 44.7 Å². The number of hydrogen-bond acceptors (Lipinski definition) is 1. The lowest BCUT2D eigenvalue weighted by atomic mass is 10.1. The van der Waals surface area contributed by atoms with Gasteiger partial charge in [0.15, 0.2) is 0 Å². The minimum absolute atomic E-state index is 0.351. The van der Waals surface area contributed by atoms with Crippen molar-refractivity contribution in [2.75, 3.05) is 0 Å². The lowest BCUT2D eigenvalue weighted by Gasteiger charge is -2.20. The zero-order chi connectivity index (χ0) is 11.5. The van der Waals surface area contributed by atoms with Crippen LogP contribution in [0.3, 0.4) is 0 Å². The molecule has 3 unspecified atom stereocenters. The van der Waals surface area contributed by atoms with E-state index >= 15 is 0 Å². The first kappa shape index (κ1) is 11.9. The number of hydrogen-bond donors (Lipinski definition) is 1. The van der Waals surface area contributed by atoms with Crippen LogP contribution in [0.25, 0.3) is 0 Å². The molecule has 1 saturated carbocycles. The first-order valence-electron chi connectivity index (χ1n) is 6.17. The second-order valence-corrected chi connectivity index (χ2v) is 5.43. The summed E-state index contributed by atoms with van der Waals surface area (Å²) in [6.45, 7) is 4.53. The molecule has 1 N–H and O–H groups in total. The van der Waals surface area contributed by atoms with Crippen LogP contribution in [0.4, 0.5) is 0 Å². The molecule has 0 heterocycles. The van der Waals surface area contributed by atoms with Gasteiger partial charge in [0.2, 0.25) is 0 Å². The molecule has 0 aromatic heterocycles. The first-order valence-corrected chi connectivity index (χ1v) is 6.55. The quantitative estimate of drug-likeness (QED) is 0.832. The second-order valence-electron chi connectivity index (χ2n) is 5.03. The molecule has 1 nitrogen and oxygen atoms in total. The Bertz CT molecular complexity index is 350. The van der Waals surface area contributed by atoms with E-state index in [1.807, 2.05) is 12.1 Å². The van der Waals surface area contributed by atoms with Crippen molar-refractivity contribution in [2.24, 2.45) is 5.92 Å². The fourth-order valence-corrected chi connectivity index (χ4v) is 2.93. The maximum atomic E-state index is 6.19. The van der Waals surface area contributed by atoms with Gasteiger partial charge >= 0.3 is 0 Å². The van der Waals surface area contributed by atoms with Crippen LogP contribution >= 0.6 is 11.6 Å². The zero-order valence-electron chi connectivity index (χ0n) is 10.0. The average Bonchev–Trinajstić information content (AvgIpc) is 2.64. The van der Waals surface area contributed by atoms with Gasteiger partial charge in [-0.25, -0.2) is 0 Å². The number of rotatable bonds is 3. The molecule has 1 aliphatic rings. The Hall–Kier alpha value is -0.530. The third kappa shape index (κ3) is 2.78. The van der Waals surface area contributed by atoms with Crippen molar-refractivity contribution in [1.29, 1.82) is 0 Å². The van der Waals surface area contributed by atoms with Crippen molar-refractivity contribution in [2.45, 2.75) is 45.2 Å². The maximum absolute atomic E-state index is 6.19. The molecule has 1 aromatic carbocycles. The smallest absolute Gasteiger partial charge is 0.0453 e. The number of benzene rings is 1. The van der Waals surface area contributed by atoms with Gasteiger partial charge in [-0.15, -0.1) is 0 Å². The average molecular weight is 238 g/mol. The Kier molecular flexibility index (Phi) is 3.88. The van der Waals surface area contributed by atoms with Gasteiger partial charge in [-0.2, -0.15) is 0 Å². The Labute approximate surface area is 103 Å². The minimum Gasteiger partial charge on any atom is -0.307 e. The normalized spacial score (nSPS) is 26.9. The van der Waals surface area contributed by atoms with Gasteiger partial charge in [0.1, 0.15) is 0 Å². The van der Waals surface area contributed by atoms with Crippen LogP contribution in [-0.4, -0.2) is 6.04 Å². The van der Waals surface area contributed by atoms with Crippen molar-refractivity contribution in [3.63, 3.8) is 0 Å². The lowest BCUT2D eigenvalue weighted by molar-refractivity contribution is 0.449. The Morgan fingerprint density at radius 3 is 2.69 bits per heavy atom. The molecular formula is C14H20ClN. The second kappa shape index (κ2) is 5.20. The summed E-state index contributed by atoms with van der Waals surface area (Å²) in [4.78, 5) is 0. The van der Waals surface area contributed by atoms with Gasteiger partial charge in [-0.1, -0.05) is 36.7 Å². The predicted octanol–water partition coefficient (Wildman–Crippen LogP) is 4.18. The summed E-state index contributed by atoms with van der Waals surface area (Å²) >= 11 is 6.19. The van der Waals surface area contributed by atoms with E-state index in [9.17, 15) is 0 Å². The molecule has 2 rings (SSSR count). The molecule has 88 valence electrons. The Balaban J connectivity index is 1.98. The molecule has 2 heteroatoms. The summed E-state index contributed by atoms with van der Waals surface area (Å²) in [6.07, 6.45) is 3.96. The molecular weight excluding hydrogens is 218 g/mol.